The molecule has 1 N–H and O–H groups in total. The van der Waals surface area contributed by atoms with Crippen molar-refractivity contribution >= 4 is 15.8 Å². The smallest absolute Gasteiger partial charge is 0.344 e. The quantitative estimate of drug-likeness (QED) is 0.223. The highest BCUT2D eigenvalue weighted by molar-refractivity contribution is 7.91. The van der Waals surface area contributed by atoms with Gasteiger partial charge >= 0.3 is 5.97 Å². The van der Waals surface area contributed by atoms with Crippen LogP contribution in [0, 0.1) is 0 Å². The van der Waals surface area contributed by atoms with Gasteiger partial charge in [0.1, 0.15) is 17.2 Å². The molecule has 3 aromatic rings. The van der Waals surface area contributed by atoms with E-state index in [1.54, 1.807) is 12.1 Å². The predicted octanol–water partition coefficient (Wildman–Crippen LogP) is 6.99. The first kappa shape index (κ1) is 29.8. The fourth-order valence-corrected chi connectivity index (χ4v) is 6.20. The van der Waals surface area contributed by atoms with Gasteiger partial charge in [0.05, 0.1) is 4.90 Å². The van der Waals surface area contributed by atoms with E-state index in [9.17, 15) is 13.2 Å². The number of ether oxygens (including phenoxy) is 2. The van der Waals surface area contributed by atoms with Gasteiger partial charge in [0, 0.05) is 6.04 Å². The lowest BCUT2D eigenvalue weighted by Gasteiger charge is -2.22. The van der Waals surface area contributed by atoms with Gasteiger partial charge in [-0.05, 0) is 92.0 Å². The van der Waals surface area contributed by atoms with Crippen molar-refractivity contribution in [2.24, 2.45) is 0 Å². The second-order valence-electron chi connectivity index (χ2n) is 11.8. The third kappa shape index (κ3) is 7.73. The Morgan fingerprint density at radius 1 is 0.975 bits per heavy atom. The average molecular weight is 564 g/mol. The first-order chi connectivity index (χ1) is 18.9. The number of fused-ring (bicyclic) bond motifs is 1. The van der Waals surface area contributed by atoms with Crippen molar-refractivity contribution in [1.29, 1.82) is 0 Å². The molecule has 0 heterocycles. The van der Waals surface area contributed by atoms with E-state index in [4.69, 9.17) is 9.47 Å². The Kier molecular flexibility index (Phi) is 9.37. The summed E-state index contributed by atoms with van der Waals surface area (Å²) in [5.74, 6) is 0.491. The van der Waals surface area contributed by atoms with Gasteiger partial charge in [-0.25, -0.2) is 13.2 Å². The van der Waals surface area contributed by atoms with E-state index >= 15 is 0 Å². The zero-order valence-corrected chi connectivity index (χ0v) is 25.0. The molecule has 0 spiro atoms. The molecule has 4 rings (SSSR count). The Labute approximate surface area is 239 Å². The number of rotatable bonds is 9. The summed E-state index contributed by atoms with van der Waals surface area (Å²) in [6.45, 7) is 9.62. The van der Waals surface area contributed by atoms with Crippen LogP contribution in [0.2, 0.25) is 0 Å². The van der Waals surface area contributed by atoms with E-state index < -0.39 is 21.4 Å². The van der Waals surface area contributed by atoms with Gasteiger partial charge in [0.15, 0.2) is 16.4 Å². The summed E-state index contributed by atoms with van der Waals surface area (Å²) in [7, 11) is -3.55. The van der Waals surface area contributed by atoms with Crippen molar-refractivity contribution in [2.45, 2.75) is 82.8 Å². The summed E-state index contributed by atoms with van der Waals surface area (Å²) in [4.78, 5) is 12.5. The highest BCUT2D eigenvalue weighted by atomic mass is 32.2. The number of hydrogen-bond donors (Lipinski definition) is 1. The van der Waals surface area contributed by atoms with Gasteiger partial charge in [0.25, 0.3) is 0 Å². The molecule has 1 aliphatic rings. The predicted molar refractivity (Wildman–Crippen MR) is 159 cm³/mol. The van der Waals surface area contributed by atoms with Crippen LogP contribution in [0.15, 0.2) is 71.6 Å². The summed E-state index contributed by atoms with van der Waals surface area (Å²) in [6, 6.07) is 21.1. The lowest BCUT2D eigenvalue weighted by Crippen LogP contribution is -2.28. The van der Waals surface area contributed by atoms with Crippen molar-refractivity contribution < 1.29 is 22.7 Å². The Morgan fingerprint density at radius 2 is 1.70 bits per heavy atom. The molecular formula is C33H41NO5S. The average Bonchev–Trinajstić information content (AvgIpc) is 3.12. The lowest BCUT2D eigenvalue weighted by atomic mass is 9.97. The third-order valence-corrected chi connectivity index (χ3v) is 8.64. The largest absolute Gasteiger partial charge is 0.482 e. The van der Waals surface area contributed by atoms with Gasteiger partial charge in [-0.15, -0.1) is 0 Å². The van der Waals surface area contributed by atoms with Crippen LogP contribution < -0.4 is 10.1 Å². The Morgan fingerprint density at radius 3 is 2.40 bits per heavy atom. The first-order valence-corrected chi connectivity index (χ1v) is 15.7. The normalized spacial score (nSPS) is 15.8. The van der Waals surface area contributed by atoms with Gasteiger partial charge in [0.2, 0.25) is 0 Å². The molecule has 0 amide bonds. The number of carbonyl (C=O) groups is 1. The van der Waals surface area contributed by atoms with Crippen molar-refractivity contribution in [2.75, 3.05) is 12.5 Å². The van der Waals surface area contributed by atoms with Crippen LogP contribution in [-0.4, -0.2) is 32.5 Å². The topological polar surface area (TPSA) is 81.7 Å². The summed E-state index contributed by atoms with van der Waals surface area (Å²) in [5, 5.41) is 3.31. The van der Waals surface area contributed by atoms with Crippen LogP contribution in [-0.2, 0) is 25.8 Å². The molecule has 3 aromatic carbocycles. The summed E-state index contributed by atoms with van der Waals surface area (Å²) in [6.07, 6.45) is 3.56. The molecule has 0 fully saturated rings. The summed E-state index contributed by atoms with van der Waals surface area (Å²) in [5.41, 5.74) is 4.79. The number of sulfone groups is 1. The van der Waals surface area contributed by atoms with Crippen molar-refractivity contribution in [1.82, 2.24) is 5.32 Å². The zero-order valence-electron chi connectivity index (χ0n) is 24.2. The minimum Gasteiger partial charge on any atom is -0.482 e. The first-order valence-electron chi connectivity index (χ1n) is 14.1. The molecule has 1 atom stereocenters. The SMILES string of the molecule is CC(C)c1cccc(-c2ccc(S(=O)(=O)CNC3CCCCc4c(OCC(=O)OC(C)(C)C)cccc43)cc2)c1. The van der Waals surface area contributed by atoms with Gasteiger partial charge in [-0.2, -0.15) is 0 Å². The van der Waals surface area contributed by atoms with Gasteiger partial charge < -0.3 is 9.47 Å². The Bertz CT molecular complexity index is 1420. The van der Waals surface area contributed by atoms with E-state index in [1.165, 1.54) is 5.56 Å². The van der Waals surface area contributed by atoms with E-state index in [0.29, 0.717) is 16.6 Å². The van der Waals surface area contributed by atoms with E-state index in [2.05, 4.69) is 31.3 Å². The fourth-order valence-electron chi connectivity index (χ4n) is 5.06. The Balaban J connectivity index is 1.45. The maximum atomic E-state index is 13.3. The maximum absolute atomic E-state index is 13.3. The van der Waals surface area contributed by atoms with Crippen LogP contribution in [0.3, 0.4) is 0 Å². The van der Waals surface area contributed by atoms with Crippen molar-refractivity contribution in [3.8, 4) is 16.9 Å². The van der Waals surface area contributed by atoms with Crippen LogP contribution in [0.4, 0.5) is 0 Å². The Hall–Kier alpha value is -3.16. The second kappa shape index (κ2) is 12.6. The number of nitrogens with one attached hydrogen (secondary N) is 1. The third-order valence-electron chi connectivity index (χ3n) is 7.10. The standard InChI is InChI=1S/C33H41NO5S/c1-23(2)25-10-8-11-26(20-25)24-16-18-27(19-17-24)40(36,37)22-34-30-14-7-6-12-29-28(30)13-9-15-31(29)38-21-32(35)39-33(3,4)5/h8-11,13,15-20,23,30,34H,6-7,12,14,21-22H2,1-5H3. The van der Waals surface area contributed by atoms with Crippen LogP contribution in [0.1, 0.15) is 82.5 Å². The molecule has 214 valence electrons. The number of esters is 1. The highest BCUT2D eigenvalue weighted by Crippen LogP contribution is 2.35. The van der Waals surface area contributed by atoms with Crippen LogP contribution in [0.5, 0.6) is 5.75 Å². The van der Waals surface area contributed by atoms with E-state index in [0.717, 1.165) is 47.9 Å². The monoisotopic (exact) mass is 563 g/mol. The molecule has 1 unspecified atom stereocenters. The highest BCUT2D eigenvalue weighted by Gasteiger charge is 2.25. The molecule has 0 aliphatic heterocycles. The molecule has 7 heteroatoms. The molecule has 0 bridgehead atoms. The maximum Gasteiger partial charge on any atom is 0.344 e. The molecule has 0 aromatic heterocycles. The van der Waals surface area contributed by atoms with Crippen LogP contribution >= 0.6 is 0 Å². The van der Waals surface area contributed by atoms with Crippen molar-refractivity contribution in [3.63, 3.8) is 0 Å². The fraction of sp³-hybridized carbons (Fsp3) is 0.424. The van der Waals surface area contributed by atoms with Crippen LogP contribution in [0.25, 0.3) is 11.1 Å². The number of carbonyl (C=O) groups excluding carboxylic acids is 1. The molecule has 6 nitrogen and oxygen atoms in total. The molecule has 0 radical (unpaired) electrons. The zero-order chi connectivity index (χ0) is 28.9. The molecule has 0 saturated carbocycles. The molecule has 0 saturated heterocycles. The number of benzene rings is 3. The molecule has 40 heavy (non-hydrogen) atoms. The van der Waals surface area contributed by atoms with Gasteiger partial charge in [-0.3, -0.25) is 5.32 Å². The molecule has 1 aliphatic carbocycles. The van der Waals surface area contributed by atoms with Crippen molar-refractivity contribution in [3.05, 3.63) is 83.4 Å². The summed E-state index contributed by atoms with van der Waals surface area (Å²) < 4.78 is 37.8. The molecular weight excluding hydrogens is 522 g/mol. The van der Waals surface area contributed by atoms with E-state index in [1.807, 2.05) is 63.2 Å². The minimum absolute atomic E-state index is 0.129. The van der Waals surface area contributed by atoms with Gasteiger partial charge in [-0.1, -0.05) is 68.8 Å². The minimum atomic E-state index is -3.55. The summed E-state index contributed by atoms with van der Waals surface area (Å²) >= 11 is 0. The number of hydrogen-bond acceptors (Lipinski definition) is 6. The lowest BCUT2D eigenvalue weighted by molar-refractivity contribution is -0.157. The van der Waals surface area contributed by atoms with E-state index in [-0.39, 0.29) is 18.5 Å². The second-order valence-corrected chi connectivity index (χ2v) is 13.8.